The van der Waals surface area contributed by atoms with Crippen molar-refractivity contribution in [3.05, 3.63) is 77.5 Å². The fraction of sp³-hybridized carbons (Fsp3) is 0.333. The van der Waals surface area contributed by atoms with Gasteiger partial charge in [0.05, 0.1) is 0 Å². The van der Waals surface area contributed by atoms with E-state index in [1.54, 1.807) is 17.8 Å². The van der Waals surface area contributed by atoms with Crippen LogP contribution in [0.15, 0.2) is 64.8 Å². The molecule has 1 aliphatic rings. The van der Waals surface area contributed by atoms with Crippen LogP contribution >= 0.6 is 11.8 Å². The van der Waals surface area contributed by atoms with E-state index in [1.807, 2.05) is 32.2 Å². The molecule has 1 N–H and O–H groups in total. The molecule has 0 spiro atoms. The highest BCUT2D eigenvalue weighted by Gasteiger charge is 2.17. The van der Waals surface area contributed by atoms with Gasteiger partial charge in [-0.3, -0.25) is 4.90 Å². The zero-order valence-corrected chi connectivity index (χ0v) is 20.5. The quantitative estimate of drug-likeness (QED) is 0.352. The van der Waals surface area contributed by atoms with Gasteiger partial charge in [-0.2, -0.15) is 0 Å². The van der Waals surface area contributed by atoms with E-state index in [-0.39, 0.29) is 5.82 Å². The second-order valence-corrected chi connectivity index (χ2v) is 10.0. The van der Waals surface area contributed by atoms with Crippen LogP contribution in [0.4, 0.5) is 10.1 Å². The normalized spacial score (nSPS) is 14.7. The summed E-state index contributed by atoms with van der Waals surface area (Å²) in [6, 6.07) is 15.7. The van der Waals surface area contributed by atoms with Gasteiger partial charge < -0.3 is 9.88 Å². The minimum absolute atomic E-state index is 0.172. The Bertz CT molecular complexity index is 1240. The van der Waals surface area contributed by atoms with Crippen molar-refractivity contribution >= 4 is 28.4 Å². The molecule has 5 rings (SSSR count). The number of aryl methyl sites for hydroxylation is 3. The molecule has 176 valence electrons. The summed E-state index contributed by atoms with van der Waals surface area (Å²) in [5.74, 6) is -0.172. The fourth-order valence-corrected chi connectivity index (χ4v) is 5.51. The van der Waals surface area contributed by atoms with Crippen molar-refractivity contribution in [1.82, 2.24) is 19.9 Å². The summed E-state index contributed by atoms with van der Waals surface area (Å²) < 4.78 is 13.6. The molecule has 2 aromatic heterocycles. The lowest BCUT2D eigenvalue weighted by Gasteiger charge is -2.36. The topological polar surface area (TPSA) is 48.1 Å². The maximum absolute atomic E-state index is 13.6. The van der Waals surface area contributed by atoms with Gasteiger partial charge >= 0.3 is 0 Å². The smallest absolute Gasteiger partial charge is 0.192 e. The largest absolute Gasteiger partial charge is 0.369 e. The van der Waals surface area contributed by atoms with E-state index in [0.717, 1.165) is 77.9 Å². The highest BCUT2D eigenvalue weighted by atomic mass is 32.2. The molecule has 0 aliphatic carbocycles. The van der Waals surface area contributed by atoms with Crippen LogP contribution < -0.4 is 4.90 Å². The molecule has 1 saturated heterocycles. The molecule has 2 aromatic carbocycles. The first kappa shape index (κ1) is 22.9. The lowest BCUT2D eigenvalue weighted by atomic mass is 10.1. The summed E-state index contributed by atoms with van der Waals surface area (Å²) in [6.45, 7) is 9.28. The highest BCUT2D eigenvalue weighted by Crippen LogP contribution is 2.28. The van der Waals surface area contributed by atoms with Crippen LogP contribution in [-0.2, 0) is 6.42 Å². The van der Waals surface area contributed by atoms with Crippen LogP contribution in [0, 0.1) is 19.7 Å². The van der Waals surface area contributed by atoms with Crippen molar-refractivity contribution in [3.63, 3.8) is 0 Å². The lowest BCUT2D eigenvalue weighted by Crippen LogP contribution is -2.46. The Balaban J connectivity index is 1.10. The summed E-state index contributed by atoms with van der Waals surface area (Å²) >= 11 is 1.61. The molecule has 3 heterocycles. The number of aromatic nitrogens is 3. The third-order valence-corrected chi connectivity index (χ3v) is 7.27. The van der Waals surface area contributed by atoms with Gasteiger partial charge in [-0.25, -0.2) is 14.4 Å². The van der Waals surface area contributed by atoms with Crippen molar-refractivity contribution in [3.8, 4) is 0 Å². The molecule has 5 nitrogen and oxygen atoms in total. The third-order valence-electron chi connectivity index (χ3n) is 6.39. The summed E-state index contributed by atoms with van der Waals surface area (Å²) in [5.41, 5.74) is 5.49. The highest BCUT2D eigenvalue weighted by molar-refractivity contribution is 7.99. The molecule has 4 aromatic rings. The first-order valence-corrected chi connectivity index (χ1v) is 12.7. The number of rotatable bonds is 7. The molecule has 0 bridgehead atoms. The van der Waals surface area contributed by atoms with E-state index in [1.165, 1.54) is 17.3 Å². The molecule has 0 saturated carbocycles. The zero-order valence-electron chi connectivity index (χ0n) is 19.7. The van der Waals surface area contributed by atoms with Gasteiger partial charge in [0.1, 0.15) is 5.82 Å². The number of anilines is 1. The number of halogens is 1. The molecule has 0 radical (unpaired) electrons. The molecule has 1 fully saturated rings. The lowest BCUT2D eigenvalue weighted by molar-refractivity contribution is 0.255. The number of H-pyrrole nitrogens is 1. The Kier molecular flexibility index (Phi) is 6.83. The number of benzene rings is 2. The molecule has 1 aliphatic heterocycles. The molecule has 0 amide bonds. The van der Waals surface area contributed by atoms with Gasteiger partial charge in [0.2, 0.25) is 0 Å². The Morgan fingerprint density at radius 3 is 2.41 bits per heavy atom. The first-order chi connectivity index (χ1) is 16.5. The molecular formula is C27H30FN5S. The summed E-state index contributed by atoms with van der Waals surface area (Å²) in [7, 11) is 0. The van der Waals surface area contributed by atoms with Crippen molar-refractivity contribution in [2.75, 3.05) is 37.6 Å². The van der Waals surface area contributed by atoms with E-state index < -0.39 is 0 Å². The van der Waals surface area contributed by atoms with Crippen LogP contribution in [-0.4, -0.2) is 52.6 Å². The van der Waals surface area contributed by atoms with Gasteiger partial charge in [-0.1, -0.05) is 0 Å². The number of fused-ring (bicyclic) bond motifs is 1. The minimum atomic E-state index is -0.172. The average molecular weight is 476 g/mol. The standard InChI is InChI=1S/C27H30FN5S/c1-19-16-20(2)31-27(30-19)34-24-8-6-23(7-9-24)33-14-12-32(13-15-33)11-3-4-21-18-29-26-10-5-22(28)17-25(21)26/h5-10,16-18,29H,3-4,11-15H2,1-2H3. The maximum atomic E-state index is 13.6. The Labute approximate surface area is 204 Å². The summed E-state index contributed by atoms with van der Waals surface area (Å²) in [5, 5.41) is 1.81. The number of nitrogens with zero attached hydrogens (tertiary/aromatic N) is 4. The van der Waals surface area contributed by atoms with E-state index in [0.29, 0.717) is 0 Å². The number of hydrogen-bond acceptors (Lipinski definition) is 5. The van der Waals surface area contributed by atoms with Gasteiger partial charge in [0.25, 0.3) is 0 Å². The van der Waals surface area contributed by atoms with Gasteiger partial charge in [0.15, 0.2) is 5.16 Å². The van der Waals surface area contributed by atoms with Crippen LogP contribution in [0.25, 0.3) is 10.9 Å². The molecule has 7 heteroatoms. The maximum Gasteiger partial charge on any atom is 0.192 e. The molecule has 0 unspecified atom stereocenters. The fourth-order valence-electron chi connectivity index (χ4n) is 4.65. The second kappa shape index (κ2) is 10.2. The summed E-state index contributed by atoms with van der Waals surface area (Å²) in [6.07, 6.45) is 4.07. The Hall–Kier alpha value is -2.90. The van der Waals surface area contributed by atoms with Crippen molar-refractivity contribution in [1.29, 1.82) is 0 Å². The zero-order chi connectivity index (χ0) is 23.5. The van der Waals surface area contributed by atoms with Gasteiger partial charge in [0, 0.05) is 65.2 Å². The third kappa shape index (κ3) is 5.42. The summed E-state index contributed by atoms with van der Waals surface area (Å²) in [4.78, 5) is 18.5. The average Bonchev–Trinajstić information content (AvgIpc) is 3.21. The number of hydrogen-bond donors (Lipinski definition) is 1. The van der Waals surface area contributed by atoms with Crippen molar-refractivity contribution in [2.45, 2.75) is 36.7 Å². The predicted octanol–water partition coefficient (Wildman–Crippen LogP) is 5.62. The van der Waals surface area contributed by atoms with E-state index in [9.17, 15) is 4.39 Å². The van der Waals surface area contributed by atoms with Gasteiger partial charge in [-0.15, -0.1) is 0 Å². The Morgan fingerprint density at radius 2 is 1.68 bits per heavy atom. The number of piperazine rings is 1. The molecular weight excluding hydrogens is 445 g/mol. The predicted molar refractivity (Wildman–Crippen MR) is 137 cm³/mol. The van der Waals surface area contributed by atoms with Crippen LogP contribution in [0.2, 0.25) is 0 Å². The monoisotopic (exact) mass is 475 g/mol. The number of nitrogens with one attached hydrogen (secondary N) is 1. The first-order valence-electron chi connectivity index (χ1n) is 11.9. The minimum Gasteiger partial charge on any atom is -0.369 e. The number of aromatic amines is 1. The van der Waals surface area contributed by atoms with Gasteiger partial charge in [-0.05, 0) is 99.1 Å². The molecule has 0 atom stereocenters. The second-order valence-electron chi connectivity index (χ2n) is 8.97. The van der Waals surface area contributed by atoms with E-state index in [2.05, 4.69) is 49.0 Å². The SMILES string of the molecule is Cc1cc(C)nc(Sc2ccc(N3CCN(CCCc4c[nH]c5ccc(F)cc45)CC3)cc2)n1. The van der Waals surface area contributed by atoms with Crippen molar-refractivity contribution in [2.24, 2.45) is 0 Å². The van der Waals surface area contributed by atoms with E-state index in [4.69, 9.17) is 0 Å². The van der Waals surface area contributed by atoms with E-state index >= 15 is 0 Å². The van der Waals surface area contributed by atoms with Crippen LogP contribution in [0.5, 0.6) is 0 Å². The van der Waals surface area contributed by atoms with Crippen LogP contribution in [0.1, 0.15) is 23.4 Å². The molecule has 34 heavy (non-hydrogen) atoms. The van der Waals surface area contributed by atoms with Crippen LogP contribution in [0.3, 0.4) is 0 Å². The Morgan fingerprint density at radius 1 is 0.941 bits per heavy atom. The van der Waals surface area contributed by atoms with Crippen molar-refractivity contribution < 1.29 is 4.39 Å².